The molecule has 0 fully saturated rings. The summed E-state index contributed by atoms with van der Waals surface area (Å²) in [5.41, 5.74) is 8.14. The minimum Gasteiger partial charge on any atom is -0.333 e. The third-order valence-electron chi connectivity index (χ3n) is 3.38. The van der Waals surface area contributed by atoms with Crippen LogP contribution in [0, 0.1) is 0 Å². The van der Waals surface area contributed by atoms with E-state index < -0.39 is 0 Å². The van der Waals surface area contributed by atoms with Crippen LogP contribution >= 0.6 is 0 Å². The highest BCUT2D eigenvalue weighted by molar-refractivity contribution is 5.76. The second-order valence-electron chi connectivity index (χ2n) is 6.07. The maximum Gasteiger partial charge on any atom is 0.318 e. The minimum atomic E-state index is -0.229. The van der Waals surface area contributed by atoms with Crippen molar-refractivity contribution in [2.75, 3.05) is 13.1 Å². The predicted octanol–water partition coefficient (Wildman–Crippen LogP) is 2.05. The van der Waals surface area contributed by atoms with Crippen molar-refractivity contribution in [2.24, 2.45) is 5.73 Å². The van der Waals surface area contributed by atoms with Gasteiger partial charge in [0.25, 0.3) is 0 Å². The lowest BCUT2D eigenvalue weighted by atomic mass is 9.93. The molecule has 1 aromatic carbocycles. The molecule has 0 bridgehead atoms. The molecule has 4 heteroatoms. The number of carbonyl (C=O) groups is 1. The quantitative estimate of drug-likeness (QED) is 0.813. The highest BCUT2D eigenvalue weighted by atomic mass is 16.2. The van der Waals surface area contributed by atoms with Crippen LogP contribution in [0.1, 0.15) is 37.9 Å². The van der Waals surface area contributed by atoms with Crippen LogP contribution in [0.2, 0.25) is 0 Å². The number of amides is 2. The average Bonchev–Trinajstić information content (AvgIpc) is 2.35. The first-order valence-electron chi connectivity index (χ1n) is 6.79. The summed E-state index contributed by atoms with van der Waals surface area (Å²) in [6, 6.07) is 8.19. The zero-order chi connectivity index (χ0) is 14.0. The molecule has 0 saturated carbocycles. The molecule has 104 valence electrons. The molecule has 0 spiro atoms. The van der Waals surface area contributed by atoms with E-state index in [0.29, 0.717) is 6.54 Å². The smallest absolute Gasteiger partial charge is 0.318 e. The van der Waals surface area contributed by atoms with Crippen LogP contribution in [0.15, 0.2) is 24.3 Å². The van der Waals surface area contributed by atoms with E-state index in [-0.39, 0.29) is 17.6 Å². The number of nitrogens with two attached hydrogens (primary N) is 1. The Morgan fingerprint density at radius 1 is 1.42 bits per heavy atom. The number of benzene rings is 1. The van der Waals surface area contributed by atoms with Crippen molar-refractivity contribution >= 4 is 6.03 Å². The lowest BCUT2D eigenvalue weighted by Crippen LogP contribution is -2.52. The van der Waals surface area contributed by atoms with Gasteiger partial charge in [-0.05, 0) is 38.3 Å². The number of nitrogens with one attached hydrogen (secondary N) is 1. The number of carbonyl (C=O) groups excluding carboxylic acids is 1. The van der Waals surface area contributed by atoms with Gasteiger partial charge in [-0.1, -0.05) is 24.3 Å². The first-order valence-corrected chi connectivity index (χ1v) is 6.79. The summed E-state index contributed by atoms with van der Waals surface area (Å²) in [5.74, 6) is 0. The van der Waals surface area contributed by atoms with Gasteiger partial charge in [0.2, 0.25) is 0 Å². The van der Waals surface area contributed by atoms with Crippen LogP contribution in [-0.2, 0) is 6.42 Å². The minimum absolute atomic E-state index is 0.0210. The van der Waals surface area contributed by atoms with Gasteiger partial charge in [0.15, 0.2) is 0 Å². The van der Waals surface area contributed by atoms with E-state index in [1.165, 1.54) is 11.1 Å². The van der Waals surface area contributed by atoms with Gasteiger partial charge >= 0.3 is 6.03 Å². The van der Waals surface area contributed by atoms with Gasteiger partial charge in [-0.3, -0.25) is 0 Å². The van der Waals surface area contributed by atoms with Gasteiger partial charge in [-0.15, -0.1) is 0 Å². The van der Waals surface area contributed by atoms with Crippen LogP contribution in [0.3, 0.4) is 0 Å². The molecule has 19 heavy (non-hydrogen) atoms. The Bertz CT molecular complexity index is 465. The fraction of sp³-hybridized carbons (Fsp3) is 0.533. The third-order valence-corrected chi connectivity index (χ3v) is 3.38. The molecule has 1 aromatic rings. The Hall–Kier alpha value is -1.55. The maximum atomic E-state index is 12.4. The summed E-state index contributed by atoms with van der Waals surface area (Å²) in [6.07, 6.45) is 0.893. The lowest BCUT2D eigenvalue weighted by Gasteiger charge is -2.38. The fourth-order valence-corrected chi connectivity index (χ4v) is 2.54. The SMILES string of the molecule is CC(C)(C)NC(=O)N1CCc2ccccc2C1CN. The van der Waals surface area contributed by atoms with Gasteiger partial charge in [0.05, 0.1) is 6.04 Å². The summed E-state index contributed by atoms with van der Waals surface area (Å²) >= 11 is 0. The zero-order valence-corrected chi connectivity index (χ0v) is 11.9. The van der Waals surface area contributed by atoms with E-state index in [9.17, 15) is 4.79 Å². The van der Waals surface area contributed by atoms with E-state index in [1.807, 2.05) is 37.8 Å². The van der Waals surface area contributed by atoms with E-state index in [4.69, 9.17) is 5.73 Å². The van der Waals surface area contributed by atoms with Gasteiger partial charge in [0.1, 0.15) is 0 Å². The molecule has 3 N–H and O–H groups in total. The molecule has 0 aliphatic carbocycles. The molecule has 1 aliphatic heterocycles. The van der Waals surface area contributed by atoms with Gasteiger partial charge in [-0.2, -0.15) is 0 Å². The molecular weight excluding hydrogens is 238 g/mol. The average molecular weight is 261 g/mol. The molecule has 4 nitrogen and oxygen atoms in total. The maximum absolute atomic E-state index is 12.4. The molecule has 0 aromatic heterocycles. The third kappa shape index (κ3) is 3.07. The van der Waals surface area contributed by atoms with Crippen molar-refractivity contribution in [3.05, 3.63) is 35.4 Å². The first-order chi connectivity index (χ1) is 8.92. The number of hydrogen-bond acceptors (Lipinski definition) is 2. The summed E-state index contributed by atoms with van der Waals surface area (Å²) in [5, 5.41) is 3.02. The fourth-order valence-electron chi connectivity index (χ4n) is 2.54. The topological polar surface area (TPSA) is 58.4 Å². The number of rotatable bonds is 1. The first kappa shape index (κ1) is 13.9. The van der Waals surface area contributed by atoms with E-state index in [0.717, 1.165) is 13.0 Å². The molecule has 0 saturated heterocycles. The summed E-state index contributed by atoms with van der Waals surface area (Å²) < 4.78 is 0. The number of nitrogens with zero attached hydrogens (tertiary/aromatic N) is 1. The molecule has 0 radical (unpaired) electrons. The van der Waals surface area contributed by atoms with Gasteiger partial charge < -0.3 is 16.0 Å². The Labute approximate surface area is 115 Å². The molecule has 2 amide bonds. The number of hydrogen-bond donors (Lipinski definition) is 2. The monoisotopic (exact) mass is 261 g/mol. The largest absolute Gasteiger partial charge is 0.333 e. The summed E-state index contributed by atoms with van der Waals surface area (Å²) in [4.78, 5) is 14.2. The summed E-state index contributed by atoms with van der Waals surface area (Å²) in [7, 11) is 0. The van der Waals surface area contributed by atoms with Crippen LogP contribution in [-0.4, -0.2) is 29.6 Å². The van der Waals surface area contributed by atoms with E-state index >= 15 is 0 Å². The predicted molar refractivity (Wildman–Crippen MR) is 76.9 cm³/mol. The van der Waals surface area contributed by atoms with E-state index in [1.54, 1.807) is 0 Å². The van der Waals surface area contributed by atoms with Crippen LogP contribution in [0.25, 0.3) is 0 Å². The zero-order valence-electron chi connectivity index (χ0n) is 11.9. The molecule has 1 aliphatic rings. The highest BCUT2D eigenvalue weighted by Crippen LogP contribution is 2.29. The lowest BCUT2D eigenvalue weighted by molar-refractivity contribution is 0.163. The van der Waals surface area contributed by atoms with Crippen molar-refractivity contribution in [1.29, 1.82) is 0 Å². The van der Waals surface area contributed by atoms with E-state index in [2.05, 4.69) is 17.4 Å². The van der Waals surface area contributed by atoms with Crippen molar-refractivity contribution in [3.63, 3.8) is 0 Å². The normalized spacial score (nSPS) is 18.9. The van der Waals surface area contributed by atoms with Gasteiger partial charge in [0, 0.05) is 18.6 Å². The number of fused-ring (bicyclic) bond motifs is 1. The highest BCUT2D eigenvalue weighted by Gasteiger charge is 2.30. The Balaban J connectivity index is 2.22. The number of urea groups is 1. The molecule has 2 rings (SSSR count). The Morgan fingerprint density at radius 3 is 2.74 bits per heavy atom. The molecule has 1 heterocycles. The van der Waals surface area contributed by atoms with Crippen molar-refractivity contribution in [2.45, 2.75) is 38.8 Å². The second-order valence-corrected chi connectivity index (χ2v) is 6.07. The van der Waals surface area contributed by atoms with Crippen LogP contribution in [0.5, 0.6) is 0 Å². The molecular formula is C15H23N3O. The Morgan fingerprint density at radius 2 is 2.11 bits per heavy atom. The van der Waals surface area contributed by atoms with Crippen molar-refractivity contribution in [3.8, 4) is 0 Å². The summed E-state index contributed by atoms with van der Waals surface area (Å²) in [6.45, 7) is 7.14. The van der Waals surface area contributed by atoms with Crippen molar-refractivity contribution < 1.29 is 4.79 Å². The standard InChI is InChI=1S/C15H23N3O/c1-15(2,3)17-14(19)18-9-8-11-6-4-5-7-12(11)13(18)10-16/h4-7,13H,8-10,16H2,1-3H3,(H,17,19). The van der Waals surface area contributed by atoms with Crippen molar-refractivity contribution in [1.82, 2.24) is 10.2 Å². The molecule has 1 unspecified atom stereocenters. The van der Waals surface area contributed by atoms with Crippen LogP contribution < -0.4 is 11.1 Å². The van der Waals surface area contributed by atoms with Gasteiger partial charge in [-0.25, -0.2) is 4.79 Å². The molecule has 1 atom stereocenters. The van der Waals surface area contributed by atoms with Crippen LogP contribution in [0.4, 0.5) is 4.79 Å². The Kier molecular flexibility index (Phi) is 3.80. The second kappa shape index (κ2) is 5.21.